The van der Waals surface area contributed by atoms with Gasteiger partial charge in [0, 0.05) is 24.1 Å². The van der Waals surface area contributed by atoms with Crippen LogP contribution in [-0.4, -0.2) is 22.9 Å². The topological polar surface area (TPSA) is 23.4 Å². The molecular weight excluding hydrogens is 261 g/mol. The van der Waals surface area contributed by atoms with Crippen molar-refractivity contribution in [1.29, 1.82) is 0 Å². The first-order valence-corrected chi connectivity index (χ1v) is 7.32. The molecule has 2 heterocycles. The van der Waals surface area contributed by atoms with Crippen LogP contribution in [0.25, 0.3) is 16.4 Å². The molecule has 1 aromatic heterocycles. The number of hydrogen-bond donors (Lipinski definition) is 0. The lowest BCUT2D eigenvalue weighted by atomic mass is 9.75. The molecule has 0 spiro atoms. The summed E-state index contributed by atoms with van der Waals surface area (Å²) in [5, 5.41) is 1.18. The summed E-state index contributed by atoms with van der Waals surface area (Å²) in [6.07, 6.45) is 2.10. The van der Waals surface area contributed by atoms with Crippen LogP contribution in [0.5, 0.6) is 0 Å². The van der Waals surface area contributed by atoms with Crippen molar-refractivity contribution in [2.75, 3.05) is 0 Å². The number of para-hydroxylation sites is 1. The number of aryl methyl sites for hydroxylation is 1. The van der Waals surface area contributed by atoms with E-state index in [1.165, 1.54) is 10.9 Å². The highest BCUT2D eigenvalue weighted by Crippen LogP contribution is 2.41. The van der Waals surface area contributed by atoms with Crippen molar-refractivity contribution < 1.29 is 9.31 Å². The van der Waals surface area contributed by atoms with Crippen molar-refractivity contribution in [2.24, 2.45) is 7.05 Å². The van der Waals surface area contributed by atoms with E-state index in [1.54, 1.807) is 0 Å². The summed E-state index contributed by atoms with van der Waals surface area (Å²) in [4.78, 5) is 0. The third kappa shape index (κ3) is 2.14. The minimum absolute atomic E-state index is 0.342. The number of aromatic nitrogens is 1. The Kier molecular flexibility index (Phi) is 3.08. The predicted octanol–water partition coefficient (Wildman–Crippen LogP) is 3.82. The van der Waals surface area contributed by atoms with Gasteiger partial charge in [-0.25, -0.2) is 0 Å². The molecule has 0 aliphatic carbocycles. The Labute approximate surface area is 126 Å². The monoisotopic (exact) mass is 283 g/mol. The molecule has 0 saturated carbocycles. The Bertz CT molecular complexity index is 699. The van der Waals surface area contributed by atoms with E-state index in [0.29, 0.717) is 0 Å². The second-order valence-corrected chi connectivity index (χ2v) is 6.78. The lowest BCUT2D eigenvalue weighted by molar-refractivity contribution is 0.00578. The smallest absolute Gasteiger partial charge is 0.399 e. The fourth-order valence-electron chi connectivity index (χ4n) is 2.71. The molecule has 1 fully saturated rings. The quantitative estimate of drug-likeness (QED) is 0.782. The predicted molar refractivity (Wildman–Crippen MR) is 88.0 cm³/mol. The van der Waals surface area contributed by atoms with E-state index in [1.807, 2.05) is 19.2 Å². The van der Waals surface area contributed by atoms with Gasteiger partial charge in [-0.2, -0.15) is 0 Å². The van der Waals surface area contributed by atoms with Crippen LogP contribution in [0.15, 0.2) is 37.0 Å². The molecule has 3 rings (SSSR count). The van der Waals surface area contributed by atoms with E-state index in [9.17, 15) is 0 Å². The second kappa shape index (κ2) is 4.49. The zero-order valence-corrected chi connectivity index (χ0v) is 13.4. The first kappa shape index (κ1) is 14.4. The van der Waals surface area contributed by atoms with Crippen molar-refractivity contribution >= 4 is 23.5 Å². The summed E-state index contributed by atoms with van der Waals surface area (Å²) >= 11 is 0. The summed E-state index contributed by atoms with van der Waals surface area (Å²) in [5.74, 6) is 0. The summed E-state index contributed by atoms with van der Waals surface area (Å²) in [7, 11) is 1.64. The second-order valence-electron chi connectivity index (χ2n) is 6.78. The van der Waals surface area contributed by atoms with E-state index in [0.717, 1.165) is 11.0 Å². The molecular formula is C17H22BNO2. The average Bonchev–Trinajstić information content (AvgIpc) is 2.85. The molecule has 1 aliphatic rings. The molecule has 21 heavy (non-hydrogen) atoms. The molecule has 0 radical (unpaired) electrons. The van der Waals surface area contributed by atoms with Gasteiger partial charge in [0.1, 0.15) is 0 Å². The molecule has 4 heteroatoms. The van der Waals surface area contributed by atoms with Crippen LogP contribution in [0.1, 0.15) is 33.3 Å². The number of nitrogens with zero attached hydrogens (tertiary/aromatic N) is 1. The molecule has 1 saturated heterocycles. The van der Waals surface area contributed by atoms with Crippen molar-refractivity contribution in [3.8, 4) is 0 Å². The summed E-state index contributed by atoms with van der Waals surface area (Å²) in [5.41, 5.74) is 2.47. The van der Waals surface area contributed by atoms with Gasteiger partial charge in [0.05, 0.1) is 11.2 Å². The third-order valence-corrected chi connectivity index (χ3v) is 4.78. The number of fused-ring (bicyclic) bond motifs is 1. The van der Waals surface area contributed by atoms with Gasteiger partial charge in [0.25, 0.3) is 0 Å². The highest BCUT2D eigenvalue weighted by atomic mass is 16.7. The SMILES string of the molecule is C=C(B1OC(C)(C)C(C)(C)O1)c1cn(C)c2ccccc12. The van der Waals surface area contributed by atoms with Gasteiger partial charge in [0.2, 0.25) is 0 Å². The molecule has 0 unspecified atom stereocenters. The van der Waals surface area contributed by atoms with Crippen LogP contribution in [0.2, 0.25) is 0 Å². The Morgan fingerprint density at radius 2 is 1.67 bits per heavy atom. The van der Waals surface area contributed by atoms with Gasteiger partial charge in [-0.3, -0.25) is 0 Å². The molecule has 1 aromatic carbocycles. The maximum absolute atomic E-state index is 6.11. The third-order valence-electron chi connectivity index (χ3n) is 4.78. The Hall–Kier alpha value is -1.52. The summed E-state index contributed by atoms with van der Waals surface area (Å²) in [6, 6.07) is 8.31. The minimum Gasteiger partial charge on any atom is -0.399 e. The van der Waals surface area contributed by atoms with Crippen molar-refractivity contribution in [3.63, 3.8) is 0 Å². The summed E-state index contributed by atoms with van der Waals surface area (Å²) in [6.45, 7) is 12.5. The number of benzene rings is 1. The van der Waals surface area contributed by atoms with Crippen LogP contribution in [0.4, 0.5) is 0 Å². The van der Waals surface area contributed by atoms with Crippen LogP contribution in [-0.2, 0) is 16.4 Å². The highest BCUT2D eigenvalue weighted by Gasteiger charge is 2.52. The van der Waals surface area contributed by atoms with Gasteiger partial charge in [-0.15, -0.1) is 0 Å². The molecule has 110 valence electrons. The number of hydrogen-bond acceptors (Lipinski definition) is 2. The van der Waals surface area contributed by atoms with Crippen molar-refractivity contribution in [1.82, 2.24) is 4.57 Å². The van der Waals surface area contributed by atoms with Gasteiger partial charge < -0.3 is 13.9 Å². The average molecular weight is 283 g/mol. The molecule has 2 aromatic rings. The van der Waals surface area contributed by atoms with Gasteiger partial charge in [0.15, 0.2) is 0 Å². The normalized spacial score (nSPS) is 20.1. The first-order valence-electron chi connectivity index (χ1n) is 7.32. The Morgan fingerprint density at radius 1 is 1.10 bits per heavy atom. The number of rotatable bonds is 2. The lowest BCUT2D eigenvalue weighted by Crippen LogP contribution is -2.41. The fraction of sp³-hybridized carbons (Fsp3) is 0.412. The molecule has 0 N–H and O–H groups in total. The molecule has 0 bridgehead atoms. The van der Waals surface area contributed by atoms with E-state index >= 15 is 0 Å². The van der Waals surface area contributed by atoms with E-state index in [4.69, 9.17) is 9.31 Å². The standard InChI is InChI=1S/C17H22BNO2/c1-12(18-20-16(2,3)17(4,5)21-18)14-11-19(6)15-10-8-7-9-13(14)15/h7-11H,1H2,2-6H3. The lowest BCUT2D eigenvalue weighted by Gasteiger charge is -2.32. The van der Waals surface area contributed by atoms with Gasteiger partial charge in [-0.05, 0) is 44.8 Å². The summed E-state index contributed by atoms with van der Waals surface area (Å²) < 4.78 is 14.3. The van der Waals surface area contributed by atoms with E-state index < -0.39 is 7.12 Å². The van der Waals surface area contributed by atoms with Crippen LogP contribution >= 0.6 is 0 Å². The van der Waals surface area contributed by atoms with Gasteiger partial charge >= 0.3 is 7.12 Å². The van der Waals surface area contributed by atoms with Crippen LogP contribution in [0, 0.1) is 0 Å². The van der Waals surface area contributed by atoms with Gasteiger partial charge in [-0.1, -0.05) is 24.8 Å². The van der Waals surface area contributed by atoms with E-state index in [2.05, 4.69) is 57.2 Å². The Morgan fingerprint density at radius 3 is 2.29 bits per heavy atom. The van der Waals surface area contributed by atoms with Crippen LogP contribution in [0.3, 0.4) is 0 Å². The van der Waals surface area contributed by atoms with Crippen LogP contribution < -0.4 is 0 Å². The maximum atomic E-state index is 6.11. The molecule has 0 amide bonds. The van der Waals surface area contributed by atoms with E-state index in [-0.39, 0.29) is 11.2 Å². The van der Waals surface area contributed by atoms with Crippen molar-refractivity contribution in [2.45, 2.75) is 38.9 Å². The molecule has 0 atom stereocenters. The zero-order chi connectivity index (χ0) is 15.4. The highest BCUT2D eigenvalue weighted by molar-refractivity contribution is 6.69. The largest absolute Gasteiger partial charge is 0.494 e. The fourth-order valence-corrected chi connectivity index (χ4v) is 2.71. The first-order chi connectivity index (χ1) is 9.73. The molecule has 1 aliphatic heterocycles. The minimum atomic E-state index is -0.402. The molecule has 3 nitrogen and oxygen atoms in total. The maximum Gasteiger partial charge on any atom is 0.494 e. The van der Waals surface area contributed by atoms with Crippen molar-refractivity contribution in [3.05, 3.63) is 42.6 Å². The zero-order valence-electron chi connectivity index (χ0n) is 13.4. The Balaban J connectivity index is 2.00.